The summed E-state index contributed by atoms with van der Waals surface area (Å²) >= 11 is 5.95. The Bertz CT molecular complexity index is 1090. The minimum atomic E-state index is -0.312. The monoisotopic (exact) mass is 393 g/mol. The van der Waals surface area contributed by atoms with Gasteiger partial charge in [-0.3, -0.25) is 14.5 Å². The van der Waals surface area contributed by atoms with Gasteiger partial charge in [-0.2, -0.15) is 5.10 Å². The number of aromatic nitrogens is 4. The Morgan fingerprint density at radius 2 is 2.00 bits per heavy atom. The van der Waals surface area contributed by atoms with E-state index in [0.717, 1.165) is 16.7 Å². The van der Waals surface area contributed by atoms with E-state index in [4.69, 9.17) is 16.1 Å². The summed E-state index contributed by atoms with van der Waals surface area (Å²) in [4.78, 5) is 16.3. The van der Waals surface area contributed by atoms with E-state index in [9.17, 15) is 4.79 Å². The first-order valence-electron chi connectivity index (χ1n) is 8.58. The van der Waals surface area contributed by atoms with Gasteiger partial charge in [0.15, 0.2) is 11.5 Å². The van der Waals surface area contributed by atoms with Gasteiger partial charge in [-0.15, -0.1) is 0 Å². The van der Waals surface area contributed by atoms with Crippen LogP contribution in [0.5, 0.6) is 0 Å². The van der Waals surface area contributed by atoms with Crippen molar-refractivity contribution in [2.45, 2.75) is 13.1 Å². The lowest BCUT2D eigenvalue weighted by atomic mass is 10.1. The van der Waals surface area contributed by atoms with Gasteiger partial charge in [-0.05, 0) is 35.4 Å². The van der Waals surface area contributed by atoms with E-state index in [2.05, 4.69) is 20.6 Å². The smallest absolute Gasteiger partial charge is 0.273 e. The van der Waals surface area contributed by atoms with Gasteiger partial charge in [0.05, 0.1) is 6.20 Å². The Morgan fingerprint density at radius 1 is 1.14 bits per heavy atom. The quantitative estimate of drug-likeness (QED) is 0.541. The molecule has 0 radical (unpaired) electrons. The molecule has 0 unspecified atom stereocenters. The average Bonchev–Trinajstić information content (AvgIpc) is 3.37. The van der Waals surface area contributed by atoms with Crippen molar-refractivity contribution >= 4 is 17.5 Å². The Labute approximate surface area is 166 Å². The first kappa shape index (κ1) is 17.9. The van der Waals surface area contributed by atoms with Crippen LogP contribution < -0.4 is 5.32 Å². The van der Waals surface area contributed by atoms with E-state index >= 15 is 0 Å². The van der Waals surface area contributed by atoms with Gasteiger partial charge in [0.1, 0.15) is 6.54 Å². The van der Waals surface area contributed by atoms with Crippen molar-refractivity contribution in [1.82, 2.24) is 25.2 Å². The van der Waals surface area contributed by atoms with Crippen molar-refractivity contribution in [2.24, 2.45) is 0 Å². The van der Waals surface area contributed by atoms with Crippen molar-refractivity contribution in [3.05, 3.63) is 89.3 Å². The molecule has 4 aromatic rings. The molecule has 3 heterocycles. The van der Waals surface area contributed by atoms with Crippen molar-refractivity contribution in [2.75, 3.05) is 0 Å². The lowest BCUT2D eigenvalue weighted by molar-refractivity contribution is 0.0941. The summed E-state index contributed by atoms with van der Waals surface area (Å²) in [6, 6.07) is 12.7. The second kappa shape index (κ2) is 8.06. The third-order valence-electron chi connectivity index (χ3n) is 4.10. The highest BCUT2D eigenvalue weighted by Gasteiger charge is 2.13. The molecule has 0 aliphatic heterocycles. The summed E-state index contributed by atoms with van der Waals surface area (Å²) in [5, 5.41) is 11.6. The molecule has 28 heavy (non-hydrogen) atoms. The molecule has 0 spiro atoms. The van der Waals surface area contributed by atoms with Gasteiger partial charge in [0, 0.05) is 41.8 Å². The van der Waals surface area contributed by atoms with Gasteiger partial charge in [-0.25, -0.2) is 0 Å². The second-order valence-electron chi connectivity index (χ2n) is 6.15. The molecule has 7 nitrogen and oxygen atoms in total. The van der Waals surface area contributed by atoms with Crippen LogP contribution >= 0.6 is 11.6 Å². The van der Waals surface area contributed by atoms with Crippen molar-refractivity contribution in [1.29, 1.82) is 0 Å². The number of nitrogens with zero attached hydrogens (tertiary/aromatic N) is 4. The highest BCUT2D eigenvalue weighted by atomic mass is 35.5. The molecule has 8 heteroatoms. The number of carbonyl (C=O) groups is 1. The molecule has 0 saturated heterocycles. The fraction of sp³-hybridized carbons (Fsp3) is 0.100. The van der Waals surface area contributed by atoms with Crippen LogP contribution in [0.2, 0.25) is 5.02 Å². The molecule has 140 valence electrons. The molecule has 1 N–H and O–H groups in total. The van der Waals surface area contributed by atoms with Gasteiger partial charge in [-0.1, -0.05) is 28.9 Å². The number of benzene rings is 1. The summed E-state index contributed by atoms with van der Waals surface area (Å²) in [7, 11) is 0. The van der Waals surface area contributed by atoms with Gasteiger partial charge < -0.3 is 9.84 Å². The van der Waals surface area contributed by atoms with E-state index < -0.39 is 0 Å². The molecule has 0 atom stereocenters. The predicted octanol–water partition coefficient (Wildman–Crippen LogP) is 3.56. The van der Waals surface area contributed by atoms with E-state index in [-0.39, 0.29) is 11.6 Å². The van der Waals surface area contributed by atoms with Crippen LogP contribution in [0.1, 0.15) is 21.8 Å². The van der Waals surface area contributed by atoms with Crippen LogP contribution in [0.3, 0.4) is 0 Å². The summed E-state index contributed by atoms with van der Waals surface area (Å²) in [5.74, 6) is 0.227. The van der Waals surface area contributed by atoms with Crippen molar-refractivity contribution in [3.63, 3.8) is 0 Å². The topological polar surface area (TPSA) is 85.8 Å². The molecule has 0 saturated carbocycles. The molecule has 1 aromatic carbocycles. The molecule has 0 bridgehead atoms. The van der Waals surface area contributed by atoms with E-state index in [1.54, 1.807) is 41.5 Å². The highest BCUT2D eigenvalue weighted by molar-refractivity contribution is 6.30. The first-order valence-corrected chi connectivity index (χ1v) is 8.96. The summed E-state index contributed by atoms with van der Waals surface area (Å²) in [5.41, 5.74) is 3.13. The van der Waals surface area contributed by atoms with Crippen molar-refractivity contribution < 1.29 is 9.32 Å². The molecular weight excluding hydrogens is 378 g/mol. The zero-order valence-electron chi connectivity index (χ0n) is 14.7. The predicted molar refractivity (Wildman–Crippen MR) is 104 cm³/mol. The number of carbonyl (C=O) groups excluding carboxylic acids is 1. The highest BCUT2D eigenvalue weighted by Crippen LogP contribution is 2.17. The van der Waals surface area contributed by atoms with Crippen LogP contribution in [0.4, 0.5) is 0 Å². The number of halogens is 1. The average molecular weight is 394 g/mol. The maximum atomic E-state index is 12.3. The first-order chi connectivity index (χ1) is 13.7. The molecule has 3 aromatic heterocycles. The summed E-state index contributed by atoms with van der Waals surface area (Å²) in [6.07, 6.45) is 7.13. The summed E-state index contributed by atoms with van der Waals surface area (Å²) < 4.78 is 7.00. The minimum Gasteiger partial charge on any atom is -0.359 e. The van der Waals surface area contributed by atoms with E-state index in [1.807, 2.05) is 30.5 Å². The van der Waals surface area contributed by atoms with Crippen LogP contribution in [0.15, 0.2) is 71.8 Å². The Balaban J connectivity index is 1.38. The number of amides is 1. The third kappa shape index (κ3) is 4.27. The second-order valence-corrected chi connectivity index (χ2v) is 6.59. The van der Waals surface area contributed by atoms with Crippen LogP contribution in [-0.4, -0.2) is 25.8 Å². The molecule has 0 aliphatic rings. The van der Waals surface area contributed by atoms with Crippen LogP contribution in [-0.2, 0) is 13.1 Å². The van der Waals surface area contributed by atoms with E-state index in [0.29, 0.717) is 23.9 Å². The largest absolute Gasteiger partial charge is 0.359 e. The van der Waals surface area contributed by atoms with E-state index in [1.165, 1.54) is 0 Å². The molecule has 0 aliphatic carbocycles. The molecular formula is C20H16ClN5O2. The van der Waals surface area contributed by atoms with Crippen molar-refractivity contribution in [3.8, 4) is 11.1 Å². The molecule has 4 rings (SSSR count). The fourth-order valence-electron chi connectivity index (χ4n) is 2.72. The number of nitrogens with one attached hydrogen (secondary N) is 1. The lowest BCUT2D eigenvalue weighted by Gasteiger charge is -2.03. The third-order valence-corrected chi connectivity index (χ3v) is 4.33. The number of rotatable bonds is 6. The van der Waals surface area contributed by atoms with Gasteiger partial charge in [0.2, 0.25) is 0 Å². The zero-order chi connectivity index (χ0) is 19.3. The lowest BCUT2D eigenvalue weighted by Crippen LogP contribution is -2.23. The molecule has 0 fully saturated rings. The minimum absolute atomic E-state index is 0.221. The number of hydrogen-bond acceptors (Lipinski definition) is 5. The zero-order valence-corrected chi connectivity index (χ0v) is 15.5. The van der Waals surface area contributed by atoms with Crippen LogP contribution in [0, 0.1) is 0 Å². The van der Waals surface area contributed by atoms with Crippen LogP contribution in [0.25, 0.3) is 11.1 Å². The van der Waals surface area contributed by atoms with Gasteiger partial charge >= 0.3 is 0 Å². The Morgan fingerprint density at radius 3 is 2.82 bits per heavy atom. The SMILES string of the molecule is O=C(NCc1cccc(Cl)c1)c1cc(Cn2cc(-c3ccncc3)cn2)on1. The number of pyridine rings is 1. The number of hydrogen-bond donors (Lipinski definition) is 1. The standard InChI is InChI=1S/C20H16ClN5O2/c21-17-3-1-2-14(8-17)10-23-20(27)19-9-18(28-25-19)13-26-12-16(11-24-26)15-4-6-22-7-5-15/h1-9,11-12H,10,13H2,(H,23,27). The maximum absolute atomic E-state index is 12.3. The fourth-order valence-corrected chi connectivity index (χ4v) is 2.93. The molecule has 1 amide bonds. The maximum Gasteiger partial charge on any atom is 0.273 e. The summed E-state index contributed by atoms with van der Waals surface area (Å²) in [6.45, 7) is 0.732. The van der Waals surface area contributed by atoms with Gasteiger partial charge in [0.25, 0.3) is 5.91 Å². The Hall–Kier alpha value is -3.45. The Kier molecular flexibility index (Phi) is 5.16. The normalized spacial score (nSPS) is 10.8.